The lowest BCUT2D eigenvalue weighted by Crippen LogP contribution is -2.21. The monoisotopic (exact) mass is 308 g/mol. The van der Waals surface area contributed by atoms with E-state index in [-0.39, 0.29) is 10.9 Å². The van der Waals surface area contributed by atoms with Crippen LogP contribution in [0, 0.1) is 0 Å². The van der Waals surface area contributed by atoms with Crippen molar-refractivity contribution in [2.45, 2.75) is 30.7 Å². The number of aromatic amines is 1. The number of nitrogens with one attached hydrogen (secondary N) is 2. The van der Waals surface area contributed by atoms with Crippen molar-refractivity contribution in [3.63, 3.8) is 0 Å². The average Bonchev–Trinajstić information content (AvgIpc) is 2.96. The van der Waals surface area contributed by atoms with Gasteiger partial charge in [0.2, 0.25) is 10.0 Å². The van der Waals surface area contributed by atoms with E-state index in [1.54, 1.807) is 18.3 Å². The molecule has 0 saturated carbocycles. The third-order valence-corrected chi connectivity index (χ3v) is 4.19. The number of hydrogen-bond acceptors (Lipinski definition) is 4. The molecule has 0 fully saturated rings. The Morgan fingerprint density at radius 1 is 1.43 bits per heavy atom. The molecular weight excluding hydrogens is 288 g/mol. The summed E-state index contributed by atoms with van der Waals surface area (Å²) in [5.74, 6) is 0.973. The van der Waals surface area contributed by atoms with Gasteiger partial charge in [0.05, 0.1) is 4.90 Å². The molecule has 2 rings (SSSR count). The average molecular weight is 308 g/mol. The van der Waals surface area contributed by atoms with E-state index < -0.39 is 10.0 Å². The Kier molecular flexibility index (Phi) is 5.11. The third-order valence-electron chi connectivity index (χ3n) is 3.28. The normalized spacial score (nSPS) is 13.2. The van der Waals surface area contributed by atoms with E-state index >= 15 is 0 Å². The predicted octanol–water partition coefficient (Wildman–Crippen LogP) is 1.34. The van der Waals surface area contributed by atoms with E-state index in [2.05, 4.69) is 15.3 Å². The Hall–Kier alpha value is -1.70. The van der Waals surface area contributed by atoms with Crippen molar-refractivity contribution in [1.82, 2.24) is 15.3 Å². The fraction of sp³-hybridized carbons (Fsp3) is 0.357. The van der Waals surface area contributed by atoms with Crippen LogP contribution in [0.25, 0.3) is 0 Å². The van der Waals surface area contributed by atoms with Gasteiger partial charge in [0.25, 0.3) is 0 Å². The highest BCUT2D eigenvalue weighted by molar-refractivity contribution is 7.89. The van der Waals surface area contributed by atoms with Crippen LogP contribution in [-0.4, -0.2) is 24.9 Å². The molecule has 6 nitrogen and oxygen atoms in total. The van der Waals surface area contributed by atoms with Crippen LogP contribution in [0.1, 0.15) is 30.8 Å². The molecule has 0 amide bonds. The quantitative estimate of drug-likeness (QED) is 0.672. The van der Waals surface area contributed by atoms with E-state index in [0.717, 1.165) is 30.8 Å². The number of H-pyrrole nitrogens is 1. The second-order valence-corrected chi connectivity index (χ2v) is 6.49. The summed E-state index contributed by atoms with van der Waals surface area (Å²) >= 11 is 0. The maximum absolute atomic E-state index is 11.3. The number of aromatic nitrogens is 2. The third kappa shape index (κ3) is 4.66. The SMILES string of the molecule is CC(NCCCc1ncc[nH]1)c1cccc(S(N)(=O)=O)c1. The van der Waals surface area contributed by atoms with Crippen LogP contribution in [-0.2, 0) is 16.4 Å². The maximum atomic E-state index is 11.3. The van der Waals surface area contributed by atoms with Gasteiger partial charge >= 0.3 is 0 Å². The summed E-state index contributed by atoms with van der Waals surface area (Å²) in [6.45, 7) is 2.82. The predicted molar refractivity (Wildman–Crippen MR) is 81.1 cm³/mol. The molecule has 114 valence electrons. The summed E-state index contributed by atoms with van der Waals surface area (Å²) in [5.41, 5.74) is 0.902. The molecule has 0 aliphatic heterocycles. The molecule has 7 heteroatoms. The zero-order valence-corrected chi connectivity index (χ0v) is 12.7. The number of imidazole rings is 1. The Bertz CT molecular complexity index is 668. The number of nitrogens with zero attached hydrogens (tertiary/aromatic N) is 1. The number of benzene rings is 1. The molecule has 0 spiro atoms. The molecular formula is C14H20N4O2S. The van der Waals surface area contributed by atoms with Crippen molar-refractivity contribution in [2.75, 3.05) is 6.54 Å². The molecule has 1 heterocycles. The smallest absolute Gasteiger partial charge is 0.238 e. The largest absolute Gasteiger partial charge is 0.349 e. The van der Waals surface area contributed by atoms with Gasteiger partial charge in [-0.15, -0.1) is 0 Å². The highest BCUT2D eigenvalue weighted by Crippen LogP contribution is 2.16. The lowest BCUT2D eigenvalue weighted by Gasteiger charge is -2.14. The maximum Gasteiger partial charge on any atom is 0.238 e. The fourth-order valence-corrected chi connectivity index (χ4v) is 2.66. The van der Waals surface area contributed by atoms with Crippen molar-refractivity contribution in [3.8, 4) is 0 Å². The lowest BCUT2D eigenvalue weighted by atomic mass is 10.1. The van der Waals surface area contributed by atoms with Gasteiger partial charge in [0.15, 0.2) is 0 Å². The van der Waals surface area contributed by atoms with Gasteiger partial charge < -0.3 is 10.3 Å². The van der Waals surface area contributed by atoms with Gasteiger partial charge in [0.1, 0.15) is 5.82 Å². The number of rotatable bonds is 7. The number of hydrogen-bond donors (Lipinski definition) is 3. The number of sulfonamides is 1. The molecule has 1 atom stereocenters. The Morgan fingerprint density at radius 2 is 2.24 bits per heavy atom. The Balaban J connectivity index is 1.87. The van der Waals surface area contributed by atoms with Gasteiger partial charge in [-0.3, -0.25) is 0 Å². The first kappa shape index (κ1) is 15.7. The van der Waals surface area contributed by atoms with E-state index in [1.165, 1.54) is 6.07 Å². The molecule has 4 N–H and O–H groups in total. The molecule has 1 aromatic heterocycles. The molecule has 0 bridgehead atoms. The summed E-state index contributed by atoms with van der Waals surface area (Å²) in [7, 11) is -3.65. The summed E-state index contributed by atoms with van der Waals surface area (Å²) in [5, 5.41) is 8.51. The van der Waals surface area contributed by atoms with Gasteiger partial charge in [-0.1, -0.05) is 12.1 Å². The first-order valence-electron chi connectivity index (χ1n) is 6.81. The first-order valence-corrected chi connectivity index (χ1v) is 8.36. The topological polar surface area (TPSA) is 101 Å². The van der Waals surface area contributed by atoms with Gasteiger partial charge in [-0.25, -0.2) is 18.5 Å². The van der Waals surface area contributed by atoms with Crippen LogP contribution in [0.15, 0.2) is 41.6 Å². The van der Waals surface area contributed by atoms with Crippen molar-refractivity contribution in [1.29, 1.82) is 0 Å². The first-order chi connectivity index (χ1) is 9.97. The summed E-state index contributed by atoms with van der Waals surface area (Å²) in [6, 6.07) is 6.76. The van der Waals surface area contributed by atoms with Crippen LogP contribution < -0.4 is 10.5 Å². The standard InChI is InChI=1S/C14H20N4O2S/c1-11(16-7-3-6-14-17-8-9-18-14)12-4-2-5-13(10-12)21(15,19)20/h2,4-5,8-11,16H,3,6-7H2,1H3,(H,17,18)(H2,15,19,20). The molecule has 21 heavy (non-hydrogen) atoms. The number of nitrogens with two attached hydrogens (primary N) is 1. The summed E-state index contributed by atoms with van der Waals surface area (Å²) < 4.78 is 22.7. The molecule has 0 radical (unpaired) electrons. The molecule has 1 unspecified atom stereocenters. The zero-order valence-electron chi connectivity index (χ0n) is 11.9. The van der Waals surface area contributed by atoms with Crippen molar-refractivity contribution in [3.05, 3.63) is 48.0 Å². The summed E-state index contributed by atoms with van der Waals surface area (Å²) in [6.07, 6.45) is 5.38. The second kappa shape index (κ2) is 6.84. The van der Waals surface area contributed by atoms with Gasteiger partial charge in [0, 0.05) is 24.9 Å². The molecule has 0 aliphatic rings. The highest BCUT2D eigenvalue weighted by Gasteiger charge is 2.11. The molecule has 0 aliphatic carbocycles. The number of aryl methyl sites for hydroxylation is 1. The molecule has 2 aromatic rings. The summed E-state index contributed by atoms with van der Waals surface area (Å²) in [4.78, 5) is 7.37. The van der Waals surface area contributed by atoms with Crippen molar-refractivity contribution >= 4 is 10.0 Å². The van der Waals surface area contributed by atoms with Gasteiger partial charge in [-0.05, 0) is 37.6 Å². The van der Waals surface area contributed by atoms with E-state index in [4.69, 9.17) is 5.14 Å². The van der Waals surface area contributed by atoms with Crippen LogP contribution in [0.2, 0.25) is 0 Å². The van der Waals surface area contributed by atoms with Crippen LogP contribution in [0.3, 0.4) is 0 Å². The minimum Gasteiger partial charge on any atom is -0.349 e. The van der Waals surface area contributed by atoms with Crippen molar-refractivity contribution in [2.24, 2.45) is 5.14 Å². The van der Waals surface area contributed by atoms with Crippen LogP contribution in [0.4, 0.5) is 0 Å². The highest BCUT2D eigenvalue weighted by atomic mass is 32.2. The van der Waals surface area contributed by atoms with E-state index in [9.17, 15) is 8.42 Å². The Morgan fingerprint density at radius 3 is 2.90 bits per heavy atom. The van der Waals surface area contributed by atoms with Crippen LogP contribution >= 0.6 is 0 Å². The van der Waals surface area contributed by atoms with E-state index in [0.29, 0.717) is 0 Å². The van der Waals surface area contributed by atoms with Crippen LogP contribution in [0.5, 0.6) is 0 Å². The minimum atomic E-state index is -3.65. The van der Waals surface area contributed by atoms with Crippen molar-refractivity contribution < 1.29 is 8.42 Å². The zero-order chi connectivity index (χ0) is 15.3. The number of primary sulfonamides is 1. The molecule has 1 aromatic carbocycles. The van der Waals surface area contributed by atoms with E-state index in [1.807, 2.05) is 19.2 Å². The van der Waals surface area contributed by atoms with Gasteiger partial charge in [-0.2, -0.15) is 0 Å². The lowest BCUT2D eigenvalue weighted by molar-refractivity contribution is 0.553. The fourth-order valence-electron chi connectivity index (χ4n) is 2.09. The molecule has 0 saturated heterocycles. The minimum absolute atomic E-state index is 0.0586. The Labute approximate surface area is 124 Å². The second-order valence-electron chi connectivity index (χ2n) is 4.93.